The summed E-state index contributed by atoms with van der Waals surface area (Å²) in [5, 5.41) is 4.95. The Labute approximate surface area is 166 Å². The molecule has 1 fully saturated rings. The summed E-state index contributed by atoms with van der Waals surface area (Å²) in [4.78, 5) is 50.0. The lowest BCUT2D eigenvalue weighted by Crippen LogP contribution is -2.52. The van der Waals surface area contributed by atoms with E-state index >= 15 is 0 Å². The van der Waals surface area contributed by atoms with E-state index in [0.717, 1.165) is 5.56 Å². The van der Waals surface area contributed by atoms with Gasteiger partial charge >= 0.3 is 6.09 Å². The Balaban J connectivity index is 1.46. The summed E-state index contributed by atoms with van der Waals surface area (Å²) < 4.78 is 5.24. The molecule has 8 nitrogen and oxygen atoms in total. The zero-order valence-electron chi connectivity index (χ0n) is 15.5. The number of rotatable bonds is 4. The van der Waals surface area contributed by atoms with E-state index in [9.17, 15) is 19.2 Å². The summed E-state index contributed by atoms with van der Waals surface area (Å²) in [5.41, 5.74) is 2.37. The Bertz CT molecular complexity index is 989. The van der Waals surface area contributed by atoms with E-state index in [4.69, 9.17) is 4.74 Å². The third kappa shape index (κ3) is 3.82. The minimum absolute atomic E-state index is 0.128. The molecule has 8 heteroatoms. The van der Waals surface area contributed by atoms with Crippen LogP contribution in [0.25, 0.3) is 0 Å². The van der Waals surface area contributed by atoms with Gasteiger partial charge in [-0.2, -0.15) is 0 Å². The van der Waals surface area contributed by atoms with Gasteiger partial charge in [-0.1, -0.05) is 36.4 Å². The molecule has 2 aliphatic heterocycles. The average Bonchev–Trinajstić information content (AvgIpc) is 3.05. The zero-order valence-corrected chi connectivity index (χ0v) is 15.5. The van der Waals surface area contributed by atoms with Crippen LogP contribution in [-0.2, 0) is 27.5 Å². The predicted octanol–water partition coefficient (Wildman–Crippen LogP) is 2.20. The summed E-state index contributed by atoms with van der Waals surface area (Å²) in [6.45, 7) is 0.304. The second-order valence-electron chi connectivity index (χ2n) is 6.92. The van der Waals surface area contributed by atoms with Crippen LogP contribution >= 0.6 is 0 Å². The lowest BCUT2D eigenvalue weighted by molar-refractivity contribution is -0.136. The summed E-state index contributed by atoms with van der Waals surface area (Å²) in [5.74, 6) is -1.10. The molecular formula is C21H19N3O5. The molecule has 4 rings (SSSR count). The fourth-order valence-corrected chi connectivity index (χ4v) is 3.57. The molecule has 2 aromatic carbocycles. The number of nitrogens with one attached hydrogen (secondary N) is 2. The number of hydrogen-bond acceptors (Lipinski definition) is 5. The van der Waals surface area contributed by atoms with Crippen LogP contribution in [0.4, 0.5) is 10.5 Å². The molecule has 1 saturated heterocycles. The third-order valence-corrected chi connectivity index (χ3v) is 5.03. The molecule has 1 atom stereocenters. The lowest BCUT2D eigenvalue weighted by Gasteiger charge is -2.29. The van der Waals surface area contributed by atoms with E-state index in [2.05, 4.69) is 10.6 Å². The molecule has 2 aromatic rings. The maximum absolute atomic E-state index is 12.8. The van der Waals surface area contributed by atoms with Gasteiger partial charge in [0.15, 0.2) is 0 Å². The van der Waals surface area contributed by atoms with E-state index in [1.807, 2.05) is 30.3 Å². The van der Waals surface area contributed by atoms with E-state index in [0.29, 0.717) is 16.8 Å². The average molecular weight is 393 g/mol. The van der Waals surface area contributed by atoms with Crippen LogP contribution < -0.4 is 10.6 Å². The number of imide groups is 1. The van der Waals surface area contributed by atoms with Crippen LogP contribution in [0.3, 0.4) is 0 Å². The van der Waals surface area contributed by atoms with Crippen molar-refractivity contribution in [2.24, 2.45) is 0 Å². The monoisotopic (exact) mass is 393 g/mol. The smallest absolute Gasteiger partial charge is 0.411 e. The number of carbonyl (C=O) groups is 4. The first-order valence-corrected chi connectivity index (χ1v) is 9.27. The van der Waals surface area contributed by atoms with Crippen molar-refractivity contribution in [3.63, 3.8) is 0 Å². The second-order valence-corrected chi connectivity index (χ2v) is 6.92. The minimum Gasteiger partial charge on any atom is -0.444 e. The highest BCUT2D eigenvalue weighted by atomic mass is 16.5. The standard InChI is InChI=1S/C21H19N3O5/c25-18-10-9-17(19(26)23-18)24-11-15-14(20(24)27)7-4-8-16(15)22-21(28)29-12-13-5-2-1-3-6-13/h1-8,17H,9-12H2,(H,22,28)(H,23,25,26)/t17-/m0/s1. The van der Waals surface area contributed by atoms with Crippen molar-refractivity contribution in [2.45, 2.75) is 32.0 Å². The fourth-order valence-electron chi connectivity index (χ4n) is 3.57. The fraction of sp³-hybridized carbons (Fsp3) is 0.238. The van der Waals surface area contributed by atoms with Crippen molar-refractivity contribution in [2.75, 3.05) is 5.32 Å². The SMILES string of the molecule is O=C1CC[C@H](N2Cc3c(NC(=O)OCc4ccccc4)cccc3C2=O)C(=O)N1. The van der Waals surface area contributed by atoms with E-state index in [-0.39, 0.29) is 37.8 Å². The van der Waals surface area contributed by atoms with Crippen LogP contribution in [0.2, 0.25) is 0 Å². The molecule has 2 heterocycles. The molecule has 0 saturated carbocycles. The number of carbonyl (C=O) groups excluding carboxylic acids is 4. The summed E-state index contributed by atoms with van der Waals surface area (Å²) in [7, 11) is 0. The zero-order chi connectivity index (χ0) is 20.4. The van der Waals surface area contributed by atoms with Gasteiger partial charge in [-0.25, -0.2) is 4.79 Å². The van der Waals surface area contributed by atoms with E-state index < -0.39 is 18.0 Å². The topological polar surface area (TPSA) is 105 Å². The summed E-state index contributed by atoms with van der Waals surface area (Å²) >= 11 is 0. The Kier molecular flexibility index (Phi) is 4.99. The van der Waals surface area contributed by atoms with Gasteiger partial charge < -0.3 is 9.64 Å². The molecular weight excluding hydrogens is 374 g/mol. The van der Waals surface area contributed by atoms with Crippen LogP contribution in [0, 0.1) is 0 Å². The molecule has 4 amide bonds. The second kappa shape index (κ2) is 7.75. The molecule has 0 spiro atoms. The van der Waals surface area contributed by atoms with Gasteiger partial charge in [0.2, 0.25) is 11.8 Å². The number of nitrogens with zero attached hydrogens (tertiary/aromatic N) is 1. The predicted molar refractivity (Wildman–Crippen MR) is 103 cm³/mol. The molecule has 2 N–H and O–H groups in total. The third-order valence-electron chi connectivity index (χ3n) is 5.03. The molecule has 0 bridgehead atoms. The van der Waals surface area contributed by atoms with Gasteiger partial charge in [0, 0.05) is 29.8 Å². The quantitative estimate of drug-likeness (QED) is 0.775. The van der Waals surface area contributed by atoms with Crippen LogP contribution in [0.5, 0.6) is 0 Å². The van der Waals surface area contributed by atoms with Gasteiger partial charge in [-0.15, -0.1) is 0 Å². The van der Waals surface area contributed by atoms with Crippen molar-refractivity contribution >= 4 is 29.5 Å². The molecule has 2 aliphatic rings. The minimum atomic E-state index is -0.703. The largest absolute Gasteiger partial charge is 0.444 e. The van der Waals surface area contributed by atoms with Gasteiger partial charge in [0.1, 0.15) is 12.6 Å². The molecule has 0 aliphatic carbocycles. The van der Waals surface area contributed by atoms with Crippen molar-refractivity contribution in [1.82, 2.24) is 10.2 Å². The summed E-state index contributed by atoms with van der Waals surface area (Å²) in [6, 6.07) is 13.6. The molecule has 148 valence electrons. The first kappa shape index (κ1) is 18.7. The van der Waals surface area contributed by atoms with Gasteiger partial charge in [-0.3, -0.25) is 25.0 Å². The number of amides is 4. The molecule has 0 radical (unpaired) electrons. The Morgan fingerprint density at radius 2 is 1.90 bits per heavy atom. The van der Waals surface area contributed by atoms with Gasteiger partial charge in [0.05, 0.1) is 0 Å². The highest BCUT2D eigenvalue weighted by molar-refractivity contribution is 6.06. The maximum Gasteiger partial charge on any atom is 0.411 e. The normalized spacial score (nSPS) is 18.3. The lowest BCUT2D eigenvalue weighted by atomic mass is 10.0. The Hall–Kier alpha value is -3.68. The molecule has 0 unspecified atom stereocenters. The van der Waals surface area contributed by atoms with Crippen molar-refractivity contribution in [1.29, 1.82) is 0 Å². The highest BCUT2D eigenvalue weighted by Gasteiger charge is 2.39. The highest BCUT2D eigenvalue weighted by Crippen LogP contribution is 2.32. The number of benzene rings is 2. The van der Waals surface area contributed by atoms with Crippen LogP contribution in [-0.4, -0.2) is 34.8 Å². The van der Waals surface area contributed by atoms with Crippen molar-refractivity contribution < 1.29 is 23.9 Å². The Morgan fingerprint density at radius 3 is 2.66 bits per heavy atom. The number of ether oxygens (including phenoxy) is 1. The molecule has 29 heavy (non-hydrogen) atoms. The number of hydrogen-bond donors (Lipinski definition) is 2. The van der Waals surface area contributed by atoms with Gasteiger partial charge in [0.25, 0.3) is 5.91 Å². The number of piperidine rings is 1. The van der Waals surface area contributed by atoms with Crippen LogP contribution in [0.15, 0.2) is 48.5 Å². The van der Waals surface area contributed by atoms with Crippen LogP contribution in [0.1, 0.15) is 34.3 Å². The maximum atomic E-state index is 12.8. The van der Waals surface area contributed by atoms with Crippen molar-refractivity contribution in [3.05, 3.63) is 65.2 Å². The van der Waals surface area contributed by atoms with Gasteiger partial charge in [-0.05, 0) is 24.1 Å². The summed E-state index contributed by atoms with van der Waals surface area (Å²) in [6.07, 6.45) is -0.158. The number of fused-ring (bicyclic) bond motifs is 1. The first-order chi connectivity index (χ1) is 14.0. The Morgan fingerprint density at radius 1 is 1.10 bits per heavy atom. The van der Waals surface area contributed by atoms with Crippen molar-refractivity contribution in [3.8, 4) is 0 Å². The first-order valence-electron chi connectivity index (χ1n) is 9.27. The van der Waals surface area contributed by atoms with E-state index in [1.165, 1.54) is 4.90 Å². The molecule has 0 aromatic heterocycles. The number of anilines is 1. The van der Waals surface area contributed by atoms with E-state index in [1.54, 1.807) is 18.2 Å².